The van der Waals surface area contributed by atoms with Gasteiger partial charge in [-0.15, -0.1) is 24.0 Å². The summed E-state index contributed by atoms with van der Waals surface area (Å²) in [6.45, 7) is 12.7. The number of aromatic amines is 1. The molecule has 0 atom stereocenters. The Morgan fingerprint density at radius 1 is 1.30 bits per heavy atom. The predicted octanol–water partition coefficient (Wildman–Crippen LogP) is 3.94. The van der Waals surface area contributed by atoms with Gasteiger partial charge in [-0.1, -0.05) is 32.9 Å². The van der Waals surface area contributed by atoms with Gasteiger partial charge in [0.2, 0.25) is 0 Å². The lowest BCUT2D eigenvalue weighted by Crippen LogP contribution is -2.45. The lowest BCUT2D eigenvalue weighted by Gasteiger charge is -2.33. The van der Waals surface area contributed by atoms with E-state index in [1.807, 2.05) is 6.07 Å². The lowest BCUT2D eigenvalue weighted by molar-refractivity contribution is 0.295. The Bertz CT molecular complexity index is 779. The molecule has 0 amide bonds. The molecule has 1 aromatic carbocycles. The number of aliphatic imine (C=N–C) groups is 1. The van der Waals surface area contributed by atoms with Crippen molar-refractivity contribution in [2.24, 2.45) is 4.99 Å². The molecule has 0 spiro atoms. The van der Waals surface area contributed by atoms with Gasteiger partial charge in [-0.25, -0.2) is 9.98 Å². The molecule has 2 aromatic rings. The van der Waals surface area contributed by atoms with E-state index in [0.717, 1.165) is 50.0 Å². The van der Waals surface area contributed by atoms with Crippen LogP contribution in [0.1, 0.15) is 57.8 Å². The molecule has 1 aliphatic rings. The van der Waals surface area contributed by atoms with Crippen LogP contribution in [0.4, 0.5) is 0 Å². The Labute approximate surface area is 197 Å². The first-order chi connectivity index (χ1) is 14.0. The second kappa shape index (κ2) is 11.5. The molecule has 0 bridgehead atoms. The van der Waals surface area contributed by atoms with Crippen LogP contribution in [0.25, 0.3) is 0 Å². The average Bonchev–Trinajstić information content (AvgIpc) is 3.25. The molecule has 3 rings (SSSR count). The number of halogens is 1. The van der Waals surface area contributed by atoms with Gasteiger partial charge >= 0.3 is 0 Å². The van der Waals surface area contributed by atoms with Crippen molar-refractivity contribution in [3.8, 4) is 5.75 Å². The van der Waals surface area contributed by atoms with E-state index >= 15 is 0 Å². The number of likely N-dealkylation sites (tertiary alicyclic amines) is 1. The second-order valence-corrected chi connectivity index (χ2v) is 8.49. The van der Waals surface area contributed by atoms with Crippen molar-refractivity contribution in [1.29, 1.82) is 0 Å². The summed E-state index contributed by atoms with van der Waals surface area (Å²) < 4.78 is 5.95. The minimum atomic E-state index is 0. The van der Waals surface area contributed by atoms with E-state index in [4.69, 9.17) is 9.73 Å². The fraction of sp³-hybridized carbons (Fsp3) is 0.591. The van der Waals surface area contributed by atoms with Crippen LogP contribution in [0.3, 0.4) is 0 Å². The first kappa shape index (κ1) is 24.4. The highest BCUT2D eigenvalue weighted by Crippen LogP contribution is 2.26. The Kier molecular flexibility index (Phi) is 9.38. The molecule has 2 heterocycles. The van der Waals surface area contributed by atoms with Crippen LogP contribution in [0.2, 0.25) is 0 Å². The van der Waals surface area contributed by atoms with Crippen LogP contribution < -0.4 is 10.1 Å². The van der Waals surface area contributed by atoms with E-state index in [2.05, 4.69) is 71.3 Å². The smallest absolute Gasteiger partial charge is 0.194 e. The summed E-state index contributed by atoms with van der Waals surface area (Å²) in [5.41, 5.74) is 1.40. The molecule has 8 heteroatoms. The third-order valence-corrected chi connectivity index (χ3v) is 5.27. The first-order valence-electron chi connectivity index (χ1n) is 10.6. The Balaban J connectivity index is 0.00000320. The molecule has 1 aromatic heterocycles. The number of nitrogens with zero attached hydrogens (tertiary/aromatic N) is 4. The number of hydrogen-bond acceptors (Lipinski definition) is 4. The number of H-pyrrole nitrogens is 1. The molecule has 0 radical (unpaired) electrons. The number of nitrogens with one attached hydrogen (secondary N) is 2. The number of guanidine groups is 1. The SMILES string of the molecule is CCNC(=NCCOc1cccc(C(C)(C)C)c1)N1CCC(c2ncn[nH]2)CC1.I. The highest BCUT2D eigenvalue weighted by molar-refractivity contribution is 14.0. The number of aromatic nitrogens is 3. The summed E-state index contributed by atoms with van der Waals surface area (Å²) in [5.74, 6) is 3.33. The predicted molar refractivity (Wildman–Crippen MR) is 132 cm³/mol. The van der Waals surface area contributed by atoms with Gasteiger partial charge in [-0.2, -0.15) is 5.10 Å². The summed E-state index contributed by atoms with van der Waals surface area (Å²) in [7, 11) is 0. The molecule has 1 fully saturated rings. The van der Waals surface area contributed by atoms with Gasteiger partial charge in [-0.05, 0) is 42.9 Å². The van der Waals surface area contributed by atoms with Crippen molar-refractivity contribution in [3.05, 3.63) is 42.0 Å². The number of piperidine rings is 1. The molecule has 30 heavy (non-hydrogen) atoms. The monoisotopic (exact) mass is 526 g/mol. The molecule has 2 N–H and O–H groups in total. The Hall–Kier alpha value is -1.84. The number of benzene rings is 1. The van der Waals surface area contributed by atoms with Gasteiger partial charge in [-0.3, -0.25) is 5.10 Å². The molecule has 166 valence electrons. The Morgan fingerprint density at radius 2 is 2.07 bits per heavy atom. The molecule has 7 nitrogen and oxygen atoms in total. The molecular weight excluding hydrogens is 491 g/mol. The van der Waals surface area contributed by atoms with Gasteiger partial charge in [0.25, 0.3) is 0 Å². The number of rotatable bonds is 6. The number of ether oxygens (including phenoxy) is 1. The van der Waals surface area contributed by atoms with Crippen molar-refractivity contribution < 1.29 is 4.74 Å². The average molecular weight is 526 g/mol. The van der Waals surface area contributed by atoms with Crippen molar-refractivity contribution in [2.45, 2.75) is 51.9 Å². The normalized spacial score (nSPS) is 15.6. The highest BCUT2D eigenvalue weighted by atomic mass is 127. The fourth-order valence-corrected chi connectivity index (χ4v) is 3.57. The molecule has 1 saturated heterocycles. The summed E-state index contributed by atoms with van der Waals surface area (Å²) in [5, 5.41) is 10.4. The van der Waals surface area contributed by atoms with E-state index in [0.29, 0.717) is 19.1 Å². The molecule has 1 aliphatic heterocycles. The standard InChI is InChI=1S/C22H34N6O.HI/c1-5-23-21(28-12-9-17(10-13-28)20-25-16-26-27-20)24-11-14-29-19-8-6-7-18(15-19)22(2,3)4;/h6-8,15-17H,5,9-14H2,1-4H3,(H,23,24)(H,25,26,27);1H. The van der Waals surface area contributed by atoms with Crippen LogP contribution >= 0.6 is 24.0 Å². The van der Waals surface area contributed by atoms with Gasteiger partial charge < -0.3 is 15.0 Å². The highest BCUT2D eigenvalue weighted by Gasteiger charge is 2.24. The fourth-order valence-electron chi connectivity index (χ4n) is 3.57. The maximum absolute atomic E-state index is 5.95. The third kappa shape index (κ3) is 6.85. The van der Waals surface area contributed by atoms with Crippen molar-refractivity contribution in [2.75, 3.05) is 32.8 Å². The molecular formula is C22H35IN6O. The minimum Gasteiger partial charge on any atom is -0.492 e. The maximum atomic E-state index is 5.95. The topological polar surface area (TPSA) is 78.4 Å². The number of hydrogen-bond donors (Lipinski definition) is 2. The van der Waals surface area contributed by atoms with Gasteiger partial charge in [0, 0.05) is 25.6 Å². The second-order valence-electron chi connectivity index (χ2n) is 8.49. The van der Waals surface area contributed by atoms with Crippen molar-refractivity contribution in [3.63, 3.8) is 0 Å². The van der Waals surface area contributed by atoms with E-state index in [9.17, 15) is 0 Å². The summed E-state index contributed by atoms with van der Waals surface area (Å²) in [6.07, 6.45) is 3.69. The van der Waals surface area contributed by atoms with Crippen LogP contribution in [0.5, 0.6) is 5.75 Å². The summed E-state index contributed by atoms with van der Waals surface area (Å²) in [6, 6.07) is 8.35. The van der Waals surface area contributed by atoms with Gasteiger partial charge in [0.1, 0.15) is 24.5 Å². The van der Waals surface area contributed by atoms with Crippen molar-refractivity contribution >= 4 is 29.9 Å². The maximum Gasteiger partial charge on any atom is 0.194 e. The zero-order valence-corrected chi connectivity index (χ0v) is 20.8. The van der Waals surface area contributed by atoms with E-state index in [-0.39, 0.29) is 29.4 Å². The van der Waals surface area contributed by atoms with Crippen LogP contribution in [-0.4, -0.2) is 58.8 Å². The summed E-state index contributed by atoms with van der Waals surface area (Å²) >= 11 is 0. The van der Waals surface area contributed by atoms with E-state index in [1.165, 1.54) is 5.56 Å². The van der Waals surface area contributed by atoms with Crippen LogP contribution in [0, 0.1) is 0 Å². The van der Waals surface area contributed by atoms with E-state index < -0.39 is 0 Å². The quantitative estimate of drug-likeness (QED) is 0.258. The van der Waals surface area contributed by atoms with Crippen LogP contribution in [0.15, 0.2) is 35.6 Å². The zero-order chi connectivity index (χ0) is 20.7. The molecule has 0 unspecified atom stereocenters. The Morgan fingerprint density at radius 3 is 2.70 bits per heavy atom. The van der Waals surface area contributed by atoms with Gasteiger partial charge in [0.05, 0.1) is 6.54 Å². The van der Waals surface area contributed by atoms with Crippen LogP contribution in [-0.2, 0) is 5.41 Å². The molecule has 0 aliphatic carbocycles. The first-order valence-corrected chi connectivity index (χ1v) is 10.6. The largest absolute Gasteiger partial charge is 0.492 e. The summed E-state index contributed by atoms with van der Waals surface area (Å²) in [4.78, 5) is 11.4. The lowest BCUT2D eigenvalue weighted by atomic mass is 9.87. The van der Waals surface area contributed by atoms with Crippen molar-refractivity contribution in [1.82, 2.24) is 25.4 Å². The van der Waals surface area contributed by atoms with Gasteiger partial charge in [0.15, 0.2) is 5.96 Å². The third-order valence-electron chi connectivity index (χ3n) is 5.27. The zero-order valence-electron chi connectivity index (χ0n) is 18.5. The molecule has 0 saturated carbocycles. The minimum absolute atomic E-state index is 0. The van der Waals surface area contributed by atoms with E-state index in [1.54, 1.807) is 6.33 Å².